The Labute approximate surface area is 115 Å². The number of allylic oxidation sites excluding steroid dienone is 2. The molecule has 0 heterocycles. The van der Waals surface area contributed by atoms with Crippen molar-refractivity contribution in [3.8, 4) is 0 Å². The van der Waals surface area contributed by atoms with Gasteiger partial charge < -0.3 is 0 Å². The molecule has 1 unspecified atom stereocenters. The highest BCUT2D eigenvalue weighted by atomic mass is 32.2. The zero-order valence-corrected chi connectivity index (χ0v) is 11.5. The van der Waals surface area contributed by atoms with Crippen LogP contribution in [0.25, 0.3) is 0 Å². The van der Waals surface area contributed by atoms with Gasteiger partial charge in [-0.3, -0.25) is 0 Å². The fraction of sp³-hybridized carbons (Fsp3) is 0.429. The van der Waals surface area contributed by atoms with Gasteiger partial charge in [0.2, 0.25) is 9.84 Å². The number of alkyl halides is 3. The summed E-state index contributed by atoms with van der Waals surface area (Å²) in [6, 6.07) is 5.30. The lowest BCUT2D eigenvalue weighted by atomic mass is 10.0. The third-order valence-corrected chi connectivity index (χ3v) is 6.45. The van der Waals surface area contributed by atoms with Crippen LogP contribution in [-0.2, 0) is 9.84 Å². The first-order valence-electron chi connectivity index (χ1n) is 6.27. The standard InChI is InChI=1S/C14H13F3O2S/c1-9-2-6-12(7-3-9)20(18,19)14(17)11-5-4-10(8-11)13(14,15)16/h2-7,10-11H,8H2,1H3/t10-,11+,14?/m0/s1. The van der Waals surface area contributed by atoms with E-state index in [2.05, 4.69) is 0 Å². The van der Waals surface area contributed by atoms with Gasteiger partial charge in [-0.25, -0.2) is 21.6 Å². The van der Waals surface area contributed by atoms with Crippen LogP contribution in [-0.4, -0.2) is 19.3 Å². The van der Waals surface area contributed by atoms with Crippen molar-refractivity contribution in [3.63, 3.8) is 0 Å². The molecule has 0 spiro atoms. The fourth-order valence-corrected chi connectivity index (χ4v) is 4.93. The minimum atomic E-state index is -4.76. The number of benzene rings is 1. The number of sulfone groups is 1. The maximum absolute atomic E-state index is 15.0. The van der Waals surface area contributed by atoms with Crippen LogP contribution in [0.2, 0.25) is 0 Å². The van der Waals surface area contributed by atoms with Gasteiger partial charge in [0, 0.05) is 11.8 Å². The largest absolute Gasteiger partial charge is 0.302 e. The minimum Gasteiger partial charge on any atom is -0.220 e. The highest BCUT2D eigenvalue weighted by molar-refractivity contribution is 7.92. The van der Waals surface area contributed by atoms with Gasteiger partial charge in [-0.2, -0.15) is 0 Å². The number of fused-ring (bicyclic) bond motifs is 2. The van der Waals surface area contributed by atoms with Gasteiger partial charge in [0.1, 0.15) is 0 Å². The van der Waals surface area contributed by atoms with E-state index in [1.807, 2.05) is 0 Å². The molecule has 20 heavy (non-hydrogen) atoms. The molecular weight excluding hydrogens is 289 g/mol. The normalized spacial score (nSPS) is 34.6. The van der Waals surface area contributed by atoms with Gasteiger partial charge in [0.05, 0.1) is 4.90 Å². The first kappa shape index (κ1) is 13.7. The van der Waals surface area contributed by atoms with Crippen molar-refractivity contribution < 1.29 is 21.6 Å². The van der Waals surface area contributed by atoms with Crippen LogP contribution in [0.5, 0.6) is 0 Å². The highest BCUT2D eigenvalue weighted by Crippen LogP contribution is 2.61. The molecule has 108 valence electrons. The third-order valence-electron chi connectivity index (χ3n) is 4.20. The van der Waals surface area contributed by atoms with Crippen LogP contribution < -0.4 is 0 Å². The van der Waals surface area contributed by atoms with E-state index in [1.54, 1.807) is 6.92 Å². The molecule has 0 saturated heterocycles. The Kier molecular flexibility index (Phi) is 2.65. The van der Waals surface area contributed by atoms with Crippen LogP contribution >= 0.6 is 0 Å². The van der Waals surface area contributed by atoms with E-state index in [0.29, 0.717) is 0 Å². The Morgan fingerprint density at radius 3 is 2.10 bits per heavy atom. The minimum absolute atomic E-state index is 0.158. The molecule has 1 aromatic rings. The van der Waals surface area contributed by atoms with Crippen LogP contribution in [0.1, 0.15) is 12.0 Å². The number of aryl methyl sites for hydroxylation is 1. The Hall–Kier alpha value is -1.30. The average molecular weight is 302 g/mol. The molecule has 1 fully saturated rings. The smallest absolute Gasteiger partial charge is 0.220 e. The van der Waals surface area contributed by atoms with E-state index in [0.717, 1.165) is 5.56 Å². The van der Waals surface area contributed by atoms with Gasteiger partial charge in [-0.15, -0.1) is 0 Å². The quantitative estimate of drug-likeness (QED) is 0.786. The van der Waals surface area contributed by atoms with E-state index in [4.69, 9.17) is 0 Å². The lowest BCUT2D eigenvalue weighted by molar-refractivity contribution is -0.103. The predicted octanol–water partition coefficient (Wildman–Crippen LogP) is 3.28. The summed E-state index contributed by atoms with van der Waals surface area (Å²) in [6.07, 6.45) is 2.32. The Bertz CT molecular complexity index is 679. The van der Waals surface area contributed by atoms with Crippen molar-refractivity contribution >= 4 is 9.84 Å². The molecule has 3 rings (SSSR count). The van der Waals surface area contributed by atoms with Crippen LogP contribution in [0, 0.1) is 18.8 Å². The second-order valence-electron chi connectivity index (χ2n) is 5.42. The monoisotopic (exact) mass is 302 g/mol. The Balaban J connectivity index is 2.16. The topological polar surface area (TPSA) is 34.1 Å². The number of rotatable bonds is 2. The van der Waals surface area contributed by atoms with Gasteiger partial charge >= 0.3 is 5.92 Å². The van der Waals surface area contributed by atoms with Crippen LogP contribution in [0.15, 0.2) is 41.3 Å². The van der Waals surface area contributed by atoms with Crippen molar-refractivity contribution in [2.75, 3.05) is 0 Å². The number of hydrogen-bond acceptors (Lipinski definition) is 2. The molecule has 2 bridgehead atoms. The summed E-state index contributed by atoms with van der Waals surface area (Å²) in [5.41, 5.74) is 0.774. The molecule has 0 aliphatic heterocycles. The summed E-state index contributed by atoms with van der Waals surface area (Å²) < 4.78 is 68.0. The molecule has 0 N–H and O–H groups in total. The summed E-state index contributed by atoms with van der Waals surface area (Å²) in [5, 5.41) is -3.55. The van der Waals surface area contributed by atoms with Gasteiger partial charge in [-0.1, -0.05) is 29.8 Å². The van der Waals surface area contributed by atoms with E-state index in [-0.39, 0.29) is 6.42 Å². The molecule has 1 aromatic carbocycles. The van der Waals surface area contributed by atoms with E-state index in [1.165, 1.54) is 36.4 Å². The van der Waals surface area contributed by atoms with Crippen molar-refractivity contribution in [1.29, 1.82) is 0 Å². The highest BCUT2D eigenvalue weighted by Gasteiger charge is 2.76. The summed E-state index contributed by atoms with van der Waals surface area (Å²) in [5.74, 6) is -6.51. The van der Waals surface area contributed by atoms with Crippen LogP contribution in [0.4, 0.5) is 13.2 Å². The Morgan fingerprint density at radius 1 is 1.05 bits per heavy atom. The number of hydrogen-bond donors (Lipinski definition) is 0. The second-order valence-corrected chi connectivity index (χ2v) is 7.49. The molecule has 2 aliphatic carbocycles. The molecular formula is C14H13F3O2S. The van der Waals surface area contributed by atoms with Crippen molar-refractivity contribution in [2.45, 2.75) is 29.2 Å². The first-order chi connectivity index (χ1) is 9.21. The van der Waals surface area contributed by atoms with Gasteiger partial charge in [0.15, 0.2) is 0 Å². The van der Waals surface area contributed by atoms with E-state index >= 15 is 0 Å². The van der Waals surface area contributed by atoms with Crippen molar-refractivity contribution in [3.05, 3.63) is 42.0 Å². The summed E-state index contributed by atoms with van der Waals surface area (Å²) in [6.45, 7) is 1.73. The zero-order chi connectivity index (χ0) is 14.8. The van der Waals surface area contributed by atoms with E-state index in [9.17, 15) is 21.6 Å². The lowest BCUT2D eigenvalue weighted by Crippen LogP contribution is -2.53. The van der Waals surface area contributed by atoms with Crippen LogP contribution in [0.3, 0.4) is 0 Å². The lowest BCUT2D eigenvalue weighted by Gasteiger charge is -2.33. The van der Waals surface area contributed by atoms with E-state index < -0.39 is 37.5 Å². The molecule has 0 aromatic heterocycles. The van der Waals surface area contributed by atoms with Crippen molar-refractivity contribution in [2.24, 2.45) is 11.8 Å². The molecule has 2 nitrogen and oxygen atoms in total. The van der Waals surface area contributed by atoms with Gasteiger partial charge in [0.25, 0.3) is 5.00 Å². The summed E-state index contributed by atoms with van der Waals surface area (Å²) in [4.78, 5) is -0.397. The second kappa shape index (κ2) is 3.87. The molecule has 0 radical (unpaired) electrons. The van der Waals surface area contributed by atoms with Crippen molar-refractivity contribution in [1.82, 2.24) is 0 Å². The third kappa shape index (κ3) is 1.43. The number of halogens is 3. The average Bonchev–Trinajstić information content (AvgIpc) is 2.93. The molecule has 0 amide bonds. The predicted molar refractivity (Wildman–Crippen MR) is 67.9 cm³/mol. The summed E-state index contributed by atoms with van der Waals surface area (Å²) in [7, 11) is -4.76. The molecule has 2 aliphatic rings. The maximum Gasteiger partial charge on any atom is 0.302 e. The Morgan fingerprint density at radius 2 is 1.60 bits per heavy atom. The molecule has 6 heteroatoms. The maximum atomic E-state index is 15.0. The fourth-order valence-electron chi connectivity index (χ4n) is 3.01. The molecule has 1 saturated carbocycles. The van der Waals surface area contributed by atoms with Gasteiger partial charge in [-0.05, 0) is 25.5 Å². The summed E-state index contributed by atoms with van der Waals surface area (Å²) >= 11 is 0. The first-order valence-corrected chi connectivity index (χ1v) is 7.76. The molecule has 3 atom stereocenters. The SMILES string of the molecule is Cc1ccc(S(=O)(=O)C2(F)[C@@H]3C=C[C@@H](C3)C2(F)F)cc1. The zero-order valence-electron chi connectivity index (χ0n) is 10.7.